The maximum atomic E-state index is 13.8. The number of rotatable bonds is 4. The number of hydrogen-bond donors (Lipinski definition) is 2. The molecule has 3 rings (SSSR count). The van der Waals surface area contributed by atoms with Gasteiger partial charge in [0.05, 0.1) is 5.02 Å². The molecule has 2 saturated heterocycles. The van der Waals surface area contributed by atoms with Gasteiger partial charge in [-0.25, -0.2) is 9.18 Å². The van der Waals surface area contributed by atoms with Crippen molar-refractivity contribution in [2.45, 2.75) is 44.6 Å². The molecule has 0 radical (unpaired) electrons. The Kier molecular flexibility index (Phi) is 5.46. The van der Waals surface area contributed by atoms with Gasteiger partial charge in [0.25, 0.3) is 5.91 Å². The van der Waals surface area contributed by atoms with E-state index in [0.717, 1.165) is 24.0 Å². The van der Waals surface area contributed by atoms with Gasteiger partial charge in [-0.2, -0.15) is 0 Å². The number of hydrogen-bond acceptors (Lipinski definition) is 3. The highest BCUT2D eigenvalue weighted by Crippen LogP contribution is 2.33. The fourth-order valence-electron chi connectivity index (χ4n) is 3.63. The number of carbonyl (C=O) groups is 3. The number of likely N-dealkylation sites (tertiary alicyclic amines) is 1. The maximum absolute atomic E-state index is 13.8. The van der Waals surface area contributed by atoms with Gasteiger partial charge in [0.2, 0.25) is 5.91 Å². The summed E-state index contributed by atoms with van der Waals surface area (Å²) in [6.45, 7) is 3.10. The number of carbonyl (C=O) groups excluding carboxylic acids is 3. The van der Waals surface area contributed by atoms with Gasteiger partial charge < -0.3 is 10.2 Å². The van der Waals surface area contributed by atoms with E-state index in [0.29, 0.717) is 13.1 Å². The molecule has 0 aliphatic carbocycles. The number of imide groups is 1. The molecule has 2 fully saturated rings. The van der Waals surface area contributed by atoms with Crippen molar-refractivity contribution >= 4 is 29.4 Å². The summed E-state index contributed by atoms with van der Waals surface area (Å²) in [5, 5.41) is 4.77. The number of nitrogens with one attached hydrogen (secondary N) is 2. The molecule has 1 atom stereocenters. The van der Waals surface area contributed by atoms with Crippen molar-refractivity contribution in [3.8, 4) is 0 Å². The zero-order valence-corrected chi connectivity index (χ0v) is 15.2. The molecule has 0 saturated carbocycles. The lowest BCUT2D eigenvalue weighted by molar-refractivity contribution is -0.132. The van der Waals surface area contributed by atoms with E-state index in [1.54, 1.807) is 11.0 Å². The quantitative estimate of drug-likeness (QED) is 0.786. The Morgan fingerprint density at radius 2 is 2.00 bits per heavy atom. The molecular weight excluding hydrogens is 361 g/mol. The van der Waals surface area contributed by atoms with Crippen molar-refractivity contribution in [2.24, 2.45) is 0 Å². The van der Waals surface area contributed by atoms with Crippen molar-refractivity contribution in [3.63, 3.8) is 0 Å². The summed E-state index contributed by atoms with van der Waals surface area (Å²) in [6.07, 6.45) is 2.01. The van der Waals surface area contributed by atoms with Crippen LogP contribution in [0.4, 0.5) is 9.18 Å². The second kappa shape index (κ2) is 7.61. The highest BCUT2D eigenvalue weighted by Gasteiger charge is 2.31. The van der Waals surface area contributed by atoms with Crippen LogP contribution in [0.25, 0.3) is 0 Å². The Hall–Kier alpha value is -2.15. The van der Waals surface area contributed by atoms with Gasteiger partial charge in [0.1, 0.15) is 11.9 Å². The standard InChI is InChI=1S/C18H21ClFN3O3/c1-10-8-13(19)14(20)9-12(10)11-4-6-23(7-5-11)16(24)3-2-15-17(25)22-18(26)21-15/h8-9,11,15H,2-7H2,1H3,(H2,21,22,25,26). The fourth-order valence-corrected chi connectivity index (χ4v) is 3.85. The Morgan fingerprint density at radius 1 is 1.31 bits per heavy atom. The average Bonchev–Trinajstić information content (AvgIpc) is 2.93. The molecule has 0 bridgehead atoms. The van der Waals surface area contributed by atoms with E-state index in [-0.39, 0.29) is 35.6 Å². The molecule has 26 heavy (non-hydrogen) atoms. The lowest BCUT2D eigenvalue weighted by Crippen LogP contribution is -2.39. The lowest BCUT2D eigenvalue weighted by atomic mass is 9.86. The van der Waals surface area contributed by atoms with Crippen LogP contribution in [-0.2, 0) is 9.59 Å². The molecule has 8 heteroatoms. The monoisotopic (exact) mass is 381 g/mol. The first-order chi connectivity index (χ1) is 12.3. The third-order valence-electron chi connectivity index (χ3n) is 5.10. The number of aryl methyl sites for hydroxylation is 1. The minimum atomic E-state index is -0.635. The first-order valence-electron chi connectivity index (χ1n) is 8.70. The first kappa shape index (κ1) is 18.6. The first-order valence-corrected chi connectivity index (χ1v) is 9.07. The smallest absolute Gasteiger partial charge is 0.322 e. The van der Waals surface area contributed by atoms with Crippen LogP contribution in [0.1, 0.15) is 42.7 Å². The Morgan fingerprint density at radius 3 is 2.62 bits per heavy atom. The molecule has 0 aromatic heterocycles. The second-order valence-corrected chi connectivity index (χ2v) is 7.24. The molecule has 6 nitrogen and oxygen atoms in total. The third-order valence-corrected chi connectivity index (χ3v) is 5.39. The summed E-state index contributed by atoms with van der Waals surface area (Å²) in [5.41, 5.74) is 1.91. The Bertz CT molecular complexity index is 747. The molecule has 0 spiro atoms. The van der Waals surface area contributed by atoms with Crippen molar-refractivity contribution < 1.29 is 18.8 Å². The van der Waals surface area contributed by atoms with Crippen molar-refractivity contribution in [3.05, 3.63) is 34.1 Å². The number of nitrogens with zero attached hydrogens (tertiary/aromatic N) is 1. The summed E-state index contributed by atoms with van der Waals surface area (Å²) in [5.74, 6) is -0.633. The fraction of sp³-hybridized carbons (Fsp3) is 0.500. The summed E-state index contributed by atoms with van der Waals surface area (Å²) in [7, 11) is 0. The molecule has 1 aromatic carbocycles. The number of benzene rings is 1. The van der Waals surface area contributed by atoms with Gasteiger partial charge in [-0.3, -0.25) is 14.9 Å². The number of halogens is 2. The van der Waals surface area contributed by atoms with E-state index in [2.05, 4.69) is 10.6 Å². The SMILES string of the molecule is Cc1cc(Cl)c(F)cc1C1CCN(C(=O)CCC2NC(=O)NC2=O)CC1. The van der Waals surface area contributed by atoms with Crippen LogP contribution >= 0.6 is 11.6 Å². The van der Waals surface area contributed by atoms with E-state index < -0.39 is 17.9 Å². The molecule has 2 aliphatic heterocycles. The van der Waals surface area contributed by atoms with Crippen LogP contribution in [-0.4, -0.2) is 41.9 Å². The van der Waals surface area contributed by atoms with Crippen molar-refractivity contribution in [1.82, 2.24) is 15.5 Å². The molecule has 140 valence electrons. The molecule has 1 aromatic rings. The molecule has 2 heterocycles. The van der Waals surface area contributed by atoms with Gasteiger partial charge in [0, 0.05) is 19.5 Å². The minimum absolute atomic E-state index is 0.0311. The number of amides is 4. The molecule has 1 unspecified atom stereocenters. The van der Waals surface area contributed by atoms with E-state index in [4.69, 9.17) is 11.6 Å². The number of piperidine rings is 1. The van der Waals surface area contributed by atoms with Crippen LogP contribution in [0.3, 0.4) is 0 Å². The normalized spacial score (nSPS) is 20.9. The summed E-state index contributed by atoms with van der Waals surface area (Å²) >= 11 is 5.81. The number of urea groups is 1. The van der Waals surface area contributed by atoms with Crippen LogP contribution in [0, 0.1) is 12.7 Å². The molecular formula is C18H21ClFN3O3. The van der Waals surface area contributed by atoms with Crippen molar-refractivity contribution in [1.29, 1.82) is 0 Å². The van der Waals surface area contributed by atoms with E-state index in [9.17, 15) is 18.8 Å². The van der Waals surface area contributed by atoms with Gasteiger partial charge in [-0.1, -0.05) is 11.6 Å². The van der Waals surface area contributed by atoms with Crippen molar-refractivity contribution in [2.75, 3.05) is 13.1 Å². The van der Waals surface area contributed by atoms with Crippen LogP contribution in [0.15, 0.2) is 12.1 Å². The van der Waals surface area contributed by atoms with E-state index >= 15 is 0 Å². The van der Waals surface area contributed by atoms with E-state index in [1.165, 1.54) is 6.07 Å². The minimum Gasteiger partial charge on any atom is -0.343 e. The van der Waals surface area contributed by atoms with Gasteiger partial charge in [0.15, 0.2) is 0 Å². The summed E-state index contributed by atoms with van der Waals surface area (Å²) < 4.78 is 13.8. The Labute approximate surface area is 156 Å². The van der Waals surface area contributed by atoms with Gasteiger partial charge in [-0.15, -0.1) is 0 Å². The average molecular weight is 382 g/mol. The largest absolute Gasteiger partial charge is 0.343 e. The zero-order chi connectivity index (χ0) is 18.8. The predicted octanol–water partition coefficient (Wildman–Crippen LogP) is 2.48. The predicted molar refractivity (Wildman–Crippen MR) is 94.4 cm³/mol. The summed E-state index contributed by atoms with van der Waals surface area (Å²) in [4.78, 5) is 36.7. The van der Waals surface area contributed by atoms with Crippen LogP contribution < -0.4 is 10.6 Å². The topological polar surface area (TPSA) is 78.5 Å². The maximum Gasteiger partial charge on any atom is 0.322 e. The highest BCUT2D eigenvalue weighted by atomic mass is 35.5. The summed E-state index contributed by atoms with van der Waals surface area (Å²) in [6, 6.07) is 1.99. The van der Waals surface area contributed by atoms with Crippen LogP contribution in [0.2, 0.25) is 5.02 Å². The molecule has 2 N–H and O–H groups in total. The highest BCUT2D eigenvalue weighted by molar-refractivity contribution is 6.30. The molecule has 2 aliphatic rings. The van der Waals surface area contributed by atoms with Crippen LogP contribution in [0.5, 0.6) is 0 Å². The third kappa shape index (κ3) is 3.98. The Balaban J connectivity index is 1.52. The van der Waals surface area contributed by atoms with Gasteiger partial charge in [-0.05, 0) is 55.4 Å². The van der Waals surface area contributed by atoms with Gasteiger partial charge >= 0.3 is 6.03 Å². The zero-order valence-electron chi connectivity index (χ0n) is 14.5. The second-order valence-electron chi connectivity index (χ2n) is 6.83. The van der Waals surface area contributed by atoms with E-state index in [1.807, 2.05) is 6.92 Å². The lowest BCUT2D eigenvalue weighted by Gasteiger charge is -2.33. The molecule has 4 amide bonds.